The largest absolute Gasteiger partial charge is 0.394 e. The highest BCUT2D eigenvalue weighted by atomic mass is 16.7. The van der Waals surface area contributed by atoms with Gasteiger partial charge in [0.05, 0.1) is 31.0 Å². The van der Waals surface area contributed by atoms with Crippen LogP contribution in [0.3, 0.4) is 0 Å². The van der Waals surface area contributed by atoms with Crippen LogP contribution in [0.15, 0.2) is 12.2 Å². The summed E-state index contributed by atoms with van der Waals surface area (Å²) in [6, 6.07) is -1.03. The predicted molar refractivity (Wildman–Crippen MR) is 206 cm³/mol. The molecular formula is C41H79NO10. The van der Waals surface area contributed by atoms with Gasteiger partial charge in [-0.25, -0.2) is 0 Å². The quantitative estimate of drug-likeness (QED) is 0.0305. The molecule has 0 spiro atoms. The number of hydrogen-bond acceptors (Lipinski definition) is 10. The Kier molecular flexibility index (Phi) is 28.3. The SMILES string of the molecule is CCCCCCCCCCCCCCC(O)C(=O)NC(COC1OC(CO)C(O)C(O)C1O)C(O)C=CCCCC(C)(O)CCCCCCCCC. The van der Waals surface area contributed by atoms with Gasteiger partial charge in [-0.05, 0) is 39.0 Å². The van der Waals surface area contributed by atoms with Gasteiger partial charge in [-0.3, -0.25) is 4.79 Å². The molecule has 1 rings (SSSR count). The molecule has 11 nitrogen and oxygen atoms in total. The number of amides is 1. The van der Waals surface area contributed by atoms with E-state index in [-0.39, 0.29) is 13.0 Å². The molecule has 0 aromatic heterocycles. The number of carbonyl (C=O) groups excluding carboxylic acids is 1. The number of allylic oxidation sites excluding steroid dienone is 1. The number of nitrogens with one attached hydrogen (secondary N) is 1. The molecule has 308 valence electrons. The summed E-state index contributed by atoms with van der Waals surface area (Å²) in [6.45, 7) is 5.34. The first kappa shape index (κ1) is 48.9. The Labute approximate surface area is 315 Å². The molecule has 0 saturated carbocycles. The van der Waals surface area contributed by atoms with E-state index in [1.54, 1.807) is 6.08 Å². The number of aliphatic hydroxyl groups excluding tert-OH is 6. The molecule has 1 saturated heterocycles. The highest BCUT2D eigenvalue weighted by Crippen LogP contribution is 2.24. The van der Waals surface area contributed by atoms with Crippen molar-refractivity contribution < 1.29 is 50.0 Å². The zero-order valence-electron chi connectivity index (χ0n) is 33.0. The molecule has 0 aromatic rings. The summed E-state index contributed by atoms with van der Waals surface area (Å²) in [6.07, 6.45) is 18.8. The molecule has 52 heavy (non-hydrogen) atoms. The summed E-state index contributed by atoms with van der Waals surface area (Å²) in [5, 5.41) is 75.3. The van der Waals surface area contributed by atoms with Crippen LogP contribution in [0.1, 0.15) is 175 Å². The lowest BCUT2D eigenvalue weighted by Crippen LogP contribution is -2.60. The normalized spacial score (nSPS) is 23.8. The van der Waals surface area contributed by atoms with E-state index >= 15 is 0 Å². The number of aliphatic hydroxyl groups is 7. The second kappa shape index (κ2) is 30.1. The van der Waals surface area contributed by atoms with Crippen molar-refractivity contribution in [2.24, 2.45) is 0 Å². The predicted octanol–water partition coefficient (Wildman–Crippen LogP) is 5.72. The summed E-state index contributed by atoms with van der Waals surface area (Å²) in [4.78, 5) is 13.0. The highest BCUT2D eigenvalue weighted by molar-refractivity contribution is 5.80. The number of ether oxygens (including phenoxy) is 2. The van der Waals surface area contributed by atoms with Crippen LogP contribution in [0.2, 0.25) is 0 Å². The number of hydrogen-bond donors (Lipinski definition) is 8. The van der Waals surface area contributed by atoms with E-state index in [4.69, 9.17) is 9.47 Å². The summed E-state index contributed by atoms with van der Waals surface area (Å²) >= 11 is 0. The summed E-state index contributed by atoms with van der Waals surface area (Å²) in [5.41, 5.74) is -0.755. The van der Waals surface area contributed by atoms with E-state index < -0.39 is 67.1 Å². The van der Waals surface area contributed by atoms with Gasteiger partial charge in [0.2, 0.25) is 5.91 Å². The molecule has 9 atom stereocenters. The smallest absolute Gasteiger partial charge is 0.249 e. The average molecular weight is 746 g/mol. The molecule has 0 aromatic carbocycles. The summed E-state index contributed by atoms with van der Waals surface area (Å²) < 4.78 is 11.1. The molecule has 1 aliphatic heterocycles. The number of rotatable bonds is 33. The molecule has 1 heterocycles. The van der Waals surface area contributed by atoms with Gasteiger partial charge in [0.15, 0.2) is 6.29 Å². The molecule has 1 amide bonds. The maximum Gasteiger partial charge on any atom is 0.249 e. The van der Waals surface area contributed by atoms with Gasteiger partial charge in [-0.1, -0.05) is 148 Å². The number of unbranched alkanes of at least 4 members (excludes halogenated alkanes) is 18. The van der Waals surface area contributed by atoms with Crippen LogP contribution in [0.4, 0.5) is 0 Å². The molecular weight excluding hydrogens is 666 g/mol. The van der Waals surface area contributed by atoms with Crippen molar-refractivity contribution in [3.05, 3.63) is 12.2 Å². The summed E-state index contributed by atoms with van der Waals surface area (Å²) in [5.74, 6) is -0.653. The van der Waals surface area contributed by atoms with Gasteiger partial charge in [0.1, 0.15) is 30.5 Å². The van der Waals surface area contributed by atoms with E-state index in [9.17, 15) is 40.5 Å². The minimum Gasteiger partial charge on any atom is -0.394 e. The molecule has 9 unspecified atom stereocenters. The third kappa shape index (κ3) is 22.3. The van der Waals surface area contributed by atoms with Gasteiger partial charge in [0, 0.05) is 0 Å². The van der Waals surface area contributed by atoms with Crippen molar-refractivity contribution in [3.63, 3.8) is 0 Å². The second-order valence-corrected chi connectivity index (χ2v) is 15.5. The van der Waals surface area contributed by atoms with E-state index in [0.29, 0.717) is 25.7 Å². The third-order valence-electron chi connectivity index (χ3n) is 10.4. The molecule has 1 fully saturated rings. The molecule has 8 N–H and O–H groups in total. The maximum absolute atomic E-state index is 13.0. The van der Waals surface area contributed by atoms with E-state index in [1.165, 1.54) is 89.5 Å². The van der Waals surface area contributed by atoms with Crippen LogP contribution in [0.25, 0.3) is 0 Å². The minimum absolute atomic E-state index is 0.286. The van der Waals surface area contributed by atoms with Crippen LogP contribution < -0.4 is 5.32 Å². The lowest BCUT2D eigenvalue weighted by Gasteiger charge is -2.40. The second-order valence-electron chi connectivity index (χ2n) is 15.5. The highest BCUT2D eigenvalue weighted by Gasteiger charge is 2.44. The maximum atomic E-state index is 13.0. The van der Waals surface area contributed by atoms with Gasteiger partial charge in [-0.15, -0.1) is 0 Å². The molecule has 11 heteroatoms. The van der Waals surface area contributed by atoms with Crippen LogP contribution in [-0.4, -0.2) is 109 Å². The Hall–Kier alpha value is -1.15. The fourth-order valence-electron chi connectivity index (χ4n) is 6.78. The Morgan fingerprint density at radius 3 is 1.79 bits per heavy atom. The van der Waals surface area contributed by atoms with Crippen molar-refractivity contribution in [2.45, 2.75) is 229 Å². The van der Waals surface area contributed by atoms with Crippen molar-refractivity contribution >= 4 is 5.91 Å². The van der Waals surface area contributed by atoms with Crippen molar-refractivity contribution in [2.75, 3.05) is 13.2 Å². The van der Waals surface area contributed by atoms with Crippen LogP contribution >= 0.6 is 0 Å². The topological polar surface area (TPSA) is 189 Å². The Balaban J connectivity index is 2.60. The van der Waals surface area contributed by atoms with Crippen molar-refractivity contribution in [3.8, 4) is 0 Å². The lowest BCUT2D eigenvalue weighted by molar-refractivity contribution is -0.302. The molecule has 0 radical (unpaired) electrons. The monoisotopic (exact) mass is 746 g/mol. The Morgan fingerprint density at radius 1 is 0.750 bits per heavy atom. The first-order chi connectivity index (χ1) is 25.0. The van der Waals surface area contributed by atoms with E-state index in [2.05, 4.69) is 19.2 Å². The minimum atomic E-state index is -1.63. The zero-order chi connectivity index (χ0) is 38.6. The number of carbonyl (C=O) groups is 1. The summed E-state index contributed by atoms with van der Waals surface area (Å²) in [7, 11) is 0. The standard InChI is InChI=1S/C41H79NO10/c1-4-6-8-10-12-13-14-15-16-17-19-22-27-34(45)39(49)42-32(31-51-40-38(48)37(47)36(46)35(30-43)52-40)33(44)26-23-21-25-29-41(3,50)28-24-20-18-11-9-7-5-2/h23,26,32-38,40,43-48,50H,4-22,24-25,27-31H2,1-3H3,(H,42,49). The van der Waals surface area contributed by atoms with Gasteiger partial charge in [0.25, 0.3) is 0 Å². The van der Waals surface area contributed by atoms with Gasteiger partial charge >= 0.3 is 0 Å². The fourth-order valence-corrected chi connectivity index (χ4v) is 6.78. The molecule has 1 aliphatic rings. The van der Waals surface area contributed by atoms with Crippen LogP contribution in [-0.2, 0) is 14.3 Å². The Bertz CT molecular complexity index is 888. The lowest BCUT2D eigenvalue weighted by atomic mass is 9.92. The van der Waals surface area contributed by atoms with Crippen molar-refractivity contribution in [1.29, 1.82) is 0 Å². The first-order valence-corrected chi connectivity index (χ1v) is 20.9. The van der Waals surface area contributed by atoms with Crippen LogP contribution in [0.5, 0.6) is 0 Å². The molecule has 0 aliphatic carbocycles. The van der Waals surface area contributed by atoms with E-state index in [1.807, 2.05) is 6.92 Å². The fraction of sp³-hybridized carbons (Fsp3) is 0.927. The third-order valence-corrected chi connectivity index (χ3v) is 10.4. The molecule has 0 bridgehead atoms. The first-order valence-electron chi connectivity index (χ1n) is 20.9. The van der Waals surface area contributed by atoms with E-state index in [0.717, 1.165) is 38.5 Å². The average Bonchev–Trinajstić information content (AvgIpc) is 3.12. The van der Waals surface area contributed by atoms with Gasteiger partial charge < -0.3 is 50.5 Å². The van der Waals surface area contributed by atoms with Crippen LogP contribution in [0, 0.1) is 0 Å². The Morgan fingerprint density at radius 2 is 1.25 bits per heavy atom. The van der Waals surface area contributed by atoms with Crippen molar-refractivity contribution in [1.82, 2.24) is 5.32 Å². The van der Waals surface area contributed by atoms with Gasteiger partial charge in [-0.2, -0.15) is 0 Å². The zero-order valence-corrected chi connectivity index (χ0v) is 33.0.